The summed E-state index contributed by atoms with van der Waals surface area (Å²) in [7, 11) is 1.84. The van der Waals surface area contributed by atoms with Gasteiger partial charge in [0.1, 0.15) is 5.75 Å². The first-order chi connectivity index (χ1) is 13.9. The van der Waals surface area contributed by atoms with Crippen LogP contribution in [0.3, 0.4) is 0 Å². The summed E-state index contributed by atoms with van der Waals surface area (Å²) in [4.78, 5) is 3.16. The largest absolute Gasteiger partial charge is 0.494 e. The van der Waals surface area contributed by atoms with Crippen molar-refractivity contribution in [1.29, 1.82) is 0 Å². The van der Waals surface area contributed by atoms with Gasteiger partial charge in [0, 0.05) is 36.1 Å². The van der Waals surface area contributed by atoms with Crippen LogP contribution in [0.4, 0.5) is 13.2 Å². The van der Waals surface area contributed by atoms with Crippen LogP contribution < -0.4 is 4.74 Å². The summed E-state index contributed by atoms with van der Waals surface area (Å²) in [6, 6.07) is 14.9. The van der Waals surface area contributed by atoms with Gasteiger partial charge in [-0.3, -0.25) is 4.68 Å². The lowest BCUT2D eigenvalue weighted by atomic mass is 10.1. The molecule has 0 atom stereocenters. The molecule has 4 rings (SSSR count). The third-order valence-corrected chi connectivity index (χ3v) is 4.86. The number of nitrogens with one attached hydrogen (secondary N) is 1. The molecular formula is C22H20F3N3O. The zero-order chi connectivity index (χ0) is 20.4. The molecule has 150 valence electrons. The maximum Gasteiger partial charge on any atom is 0.416 e. The van der Waals surface area contributed by atoms with Crippen molar-refractivity contribution in [3.8, 4) is 17.0 Å². The van der Waals surface area contributed by atoms with E-state index in [9.17, 15) is 13.2 Å². The summed E-state index contributed by atoms with van der Waals surface area (Å²) < 4.78 is 45.7. The molecule has 29 heavy (non-hydrogen) atoms. The van der Waals surface area contributed by atoms with Crippen LogP contribution in [0.5, 0.6) is 5.75 Å². The van der Waals surface area contributed by atoms with Crippen LogP contribution in [0.1, 0.15) is 17.7 Å². The maximum atomic E-state index is 12.7. The molecule has 0 saturated carbocycles. The number of hydrogen-bond acceptors (Lipinski definition) is 2. The number of hydrogen-bond donors (Lipinski definition) is 1. The van der Waals surface area contributed by atoms with Crippen molar-refractivity contribution in [2.24, 2.45) is 7.05 Å². The summed E-state index contributed by atoms with van der Waals surface area (Å²) in [5, 5.41) is 5.57. The van der Waals surface area contributed by atoms with E-state index in [-0.39, 0.29) is 0 Å². The first kappa shape index (κ1) is 19.1. The Morgan fingerprint density at radius 3 is 2.59 bits per heavy atom. The maximum absolute atomic E-state index is 12.7. The van der Waals surface area contributed by atoms with Crippen LogP contribution in [0, 0.1) is 0 Å². The van der Waals surface area contributed by atoms with Gasteiger partial charge in [-0.2, -0.15) is 18.3 Å². The van der Waals surface area contributed by atoms with E-state index in [2.05, 4.69) is 10.1 Å². The summed E-state index contributed by atoms with van der Waals surface area (Å²) in [6.07, 6.45) is -0.881. The predicted octanol–water partition coefficient (Wildman–Crippen LogP) is 5.60. The van der Waals surface area contributed by atoms with Gasteiger partial charge in [-0.1, -0.05) is 12.1 Å². The van der Waals surface area contributed by atoms with Gasteiger partial charge in [0.05, 0.1) is 17.9 Å². The van der Waals surface area contributed by atoms with Crippen LogP contribution in [0.15, 0.2) is 60.8 Å². The molecular weight excluding hydrogens is 379 g/mol. The van der Waals surface area contributed by atoms with Gasteiger partial charge in [0.2, 0.25) is 0 Å². The summed E-state index contributed by atoms with van der Waals surface area (Å²) in [5.41, 5.74) is 2.70. The fraction of sp³-hybridized carbons (Fsp3) is 0.227. The Morgan fingerprint density at radius 1 is 1.03 bits per heavy atom. The van der Waals surface area contributed by atoms with Crippen LogP contribution in [-0.2, 0) is 19.6 Å². The highest BCUT2D eigenvalue weighted by Gasteiger charge is 2.30. The molecule has 2 heterocycles. The monoisotopic (exact) mass is 399 g/mol. The molecule has 0 unspecified atom stereocenters. The Morgan fingerprint density at radius 2 is 1.83 bits per heavy atom. The normalized spacial score (nSPS) is 11.9. The van der Waals surface area contributed by atoms with Gasteiger partial charge >= 0.3 is 6.18 Å². The molecule has 2 aromatic heterocycles. The van der Waals surface area contributed by atoms with Crippen molar-refractivity contribution in [2.45, 2.75) is 19.0 Å². The molecule has 1 N–H and O–H groups in total. The van der Waals surface area contributed by atoms with Gasteiger partial charge in [-0.25, -0.2) is 0 Å². The van der Waals surface area contributed by atoms with Crippen molar-refractivity contribution >= 4 is 10.9 Å². The summed E-state index contributed by atoms with van der Waals surface area (Å²) in [5.74, 6) is 0.815. The van der Waals surface area contributed by atoms with E-state index >= 15 is 0 Å². The topological polar surface area (TPSA) is 42.8 Å². The average Bonchev–Trinajstić information content (AvgIpc) is 3.31. The third kappa shape index (κ3) is 4.29. The average molecular weight is 399 g/mol. The zero-order valence-corrected chi connectivity index (χ0v) is 15.8. The SMILES string of the molecule is Cn1nc(-c2ccc(C(F)(F)F)cc2)cc1CCCOc1ccc2cc[nH]c2c1. The molecule has 7 heteroatoms. The number of nitrogens with zero attached hydrogens (tertiary/aromatic N) is 2. The van der Waals surface area contributed by atoms with E-state index in [1.807, 2.05) is 43.6 Å². The van der Waals surface area contributed by atoms with Crippen molar-refractivity contribution in [2.75, 3.05) is 6.61 Å². The number of alkyl halides is 3. The molecule has 4 aromatic rings. The van der Waals surface area contributed by atoms with E-state index < -0.39 is 11.7 Å². The second-order valence-electron chi connectivity index (χ2n) is 6.90. The summed E-state index contributed by atoms with van der Waals surface area (Å²) >= 11 is 0. The van der Waals surface area contributed by atoms with Crippen molar-refractivity contribution < 1.29 is 17.9 Å². The molecule has 2 aromatic carbocycles. The number of aryl methyl sites for hydroxylation is 2. The Hall–Kier alpha value is -3.22. The highest BCUT2D eigenvalue weighted by molar-refractivity contribution is 5.80. The molecule has 0 spiro atoms. The Bertz CT molecular complexity index is 1110. The number of aromatic nitrogens is 3. The lowest BCUT2D eigenvalue weighted by molar-refractivity contribution is -0.137. The predicted molar refractivity (Wildman–Crippen MR) is 106 cm³/mol. The number of H-pyrrole nitrogens is 1. The Labute approximate surface area is 165 Å². The van der Waals surface area contributed by atoms with E-state index in [4.69, 9.17) is 4.74 Å². The molecule has 0 aliphatic heterocycles. The minimum atomic E-state index is -4.33. The third-order valence-electron chi connectivity index (χ3n) is 4.86. The van der Waals surface area contributed by atoms with Crippen molar-refractivity contribution in [3.05, 3.63) is 72.1 Å². The molecule has 0 radical (unpaired) electrons. The second-order valence-corrected chi connectivity index (χ2v) is 6.90. The lowest BCUT2D eigenvalue weighted by Gasteiger charge is -2.06. The van der Waals surface area contributed by atoms with E-state index in [0.29, 0.717) is 17.9 Å². The lowest BCUT2D eigenvalue weighted by Crippen LogP contribution is -2.04. The second kappa shape index (κ2) is 7.66. The number of ether oxygens (including phenoxy) is 1. The van der Waals surface area contributed by atoms with Gasteiger partial charge in [-0.05, 0) is 54.6 Å². The fourth-order valence-corrected chi connectivity index (χ4v) is 3.27. The highest BCUT2D eigenvalue weighted by Crippen LogP contribution is 2.31. The van der Waals surface area contributed by atoms with E-state index in [0.717, 1.165) is 47.3 Å². The Kier molecular flexibility index (Phi) is 5.05. The minimum absolute atomic E-state index is 0.563. The molecule has 0 saturated heterocycles. The molecule has 0 amide bonds. The van der Waals surface area contributed by atoms with Crippen LogP contribution >= 0.6 is 0 Å². The molecule has 0 aliphatic rings. The van der Waals surface area contributed by atoms with Gasteiger partial charge in [0.25, 0.3) is 0 Å². The molecule has 0 aliphatic carbocycles. The minimum Gasteiger partial charge on any atom is -0.494 e. The van der Waals surface area contributed by atoms with E-state index in [1.165, 1.54) is 12.1 Å². The number of fused-ring (bicyclic) bond motifs is 1. The fourth-order valence-electron chi connectivity index (χ4n) is 3.27. The van der Waals surface area contributed by atoms with Gasteiger partial charge in [0.15, 0.2) is 0 Å². The van der Waals surface area contributed by atoms with Gasteiger partial charge in [-0.15, -0.1) is 0 Å². The highest BCUT2D eigenvalue weighted by atomic mass is 19.4. The number of benzene rings is 2. The van der Waals surface area contributed by atoms with Crippen LogP contribution in [0.2, 0.25) is 0 Å². The number of rotatable bonds is 6. The summed E-state index contributed by atoms with van der Waals surface area (Å²) in [6.45, 7) is 0.563. The standard InChI is InChI=1S/C22H20F3N3O/c1-28-18(3-2-12-29-19-9-6-16-10-11-26-20(16)14-19)13-21(27-28)15-4-7-17(8-5-15)22(23,24)25/h4-11,13-14,26H,2-3,12H2,1H3. The van der Waals surface area contributed by atoms with Gasteiger partial charge < -0.3 is 9.72 Å². The van der Waals surface area contributed by atoms with E-state index in [1.54, 1.807) is 4.68 Å². The molecule has 0 fully saturated rings. The quantitative estimate of drug-likeness (QED) is 0.429. The Balaban J connectivity index is 1.35. The number of halogens is 3. The molecule has 4 nitrogen and oxygen atoms in total. The van der Waals surface area contributed by atoms with Crippen LogP contribution in [0.25, 0.3) is 22.2 Å². The first-order valence-corrected chi connectivity index (χ1v) is 9.31. The van der Waals surface area contributed by atoms with Crippen molar-refractivity contribution in [1.82, 2.24) is 14.8 Å². The smallest absolute Gasteiger partial charge is 0.416 e. The molecule has 0 bridgehead atoms. The van der Waals surface area contributed by atoms with Crippen LogP contribution in [-0.4, -0.2) is 21.4 Å². The van der Waals surface area contributed by atoms with Crippen molar-refractivity contribution in [3.63, 3.8) is 0 Å². The zero-order valence-electron chi connectivity index (χ0n) is 15.8. The number of aromatic amines is 1. The first-order valence-electron chi connectivity index (χ1n) is 9.31.